The van der Waals surface area contributed by atoms with Crippen molar-refractivity contribution < 1.29 is 13.2 Å². The van der Waals surface area contributed by atoms with Gasteiger partial charge in [0, 0.05) is 9.79 Å². The number of unbranched alkanes of at least 4 members (excludes halogenated alkanes) is 3. The number of hydrogen-bond donors (Lipinski definition) is 0. The first-order valence-corrected chi connectivity index (χ1v) is 10.1. The van der Waals surface area contributed by atoms with Crippen LogP contribution in [0.3, 0.4) is 0 Å². The monoisotopic (exact) mass is 384 g/mol. The zero-order valence-electron chi connectivity index (χ0n) is 14.3. The van der Waals surface area contributed by atoms with Gasteiger partial charge in [-0.2, -0.15) is 13.2 Å². The molecule has 0 amide bonds. The number of hydrogen-bond acceptors (Lipinski definition) is 2. The van der Waals surface area contributed by atoms with Crippen LogP contribution < -0.4 is 0 Å². The SMILES string of the molecule is CCCCCCC(Sc1ccccc1)(Sc1ccccc1)C(F)(F)F. The molecule has 0 radical (unpaired) electrons. The second-order valence-corrected chi connectivity index (χ2v) is 8.89. The van der Waals surface area contributed by atoms with E-state index in [2.05, 4.69) is 6.92 Å². The van der Waals surface area contributed by atoms with Gasteiger partial charge in [0.25, 0.3) is 0 Å². The van der Waals surface area contributed by atoms with Crippen LogP contribution in [0.15, 0.2) is 70.5 Å². The van der Waals surface area contributed by atoms with Gasteiger partial charge in [-0.25, -0.2) is 0 Å². The van der Waals surface area contributed by atoms with Gasteiger partial charge in [-0.1, -0.05) is 92.5 Å². The van der Waals surface area contributed by atoms with Gasteiger partial charge in [-0.3, -0.25) is 0 Å². The Morgan fingerprint density at radius 3 is 1.60 bits per heavy atom. The smallest absolute Gasteiger partial charge is 0.168 e. The second kappa shape index (κ2) is 9.58. The molecule has 136 valence electrons. The van der Waals surface area contributed by atoms with Crippen LogP contribution in [0.1, 0.15) is 39.0 Å². The number of halogens is 3. The van der Waals surface area contributed by atoms with Crippen molar-refractivity contribution in [3.8, 4) is 0 Å². The van der Waals surface area contributed by atoms with Crippen molar-refractivity contribution in [3.63, 3.8) is 0 Å². The van der Waals surface area contributed by atoms with Crippen LogP contribution in [0.2, 0.25) is 0 Å². The Morgan fingerprint density at radius 1 is 0.720 bits per heavy atom. The highest BCUT2D eigenvalue weighted by Crippen LogP contribution is 2.57. The van der Waals surface area contributed by atoms with Crippen molar-refractivity contribution >= 4 is 23.5 Å². The predicted molar refractivity (Wildman–Crippen MR) is 102 cm³/mol. The van der Waals surface area contributed by atoms with E-state index < -0.39 is 10.3 Å². The van der Waals surface area contributed by atoms with Gasteiger partial charge in [0.05, 0.1) is 0 Å². The average Bonchev–Trinajstić information content (AvgIpc) is 2.59. The van der Waals surface area contributed by atoms with Crippen LogP contribution in [0.4, 0.5) is 13.2 Å². The fourth-order valence-electron chi connectivity index (χ4n) is 2.52. The van der Waals surface area contributed by atoms with E-state index >= 15 is 0 Å². The quantitative estimate of drug-likeness (QED) is 0.246. The summed E-state index contributed by atoms with van der Waals surface area (Å²) in [5.41, 5.74) is 0. The van der Waals surface area contributed by atoms with Gasteiger partial charge in [0.1, 0.15) is 0 Å². The van der Waals surface area contributed by atoms with Gasteiger partial charge in [0.15, 0.2) is 4.08 Å². The maximum atomic E-state index is 14.2. The molecule has 0 spiro atoms. The van der Waals surface area contributed by atoms with Gasteiger partial charge in [-0.15, -0.1) is 0 Å². The van der Waals surface area contributed by atoms with E-state index in [9.17, 15) is 13.2 Å². The standard InChI is InChI=1S/C20H23F3S2/c1-2-3-4-11-16-19(20(21,22)23,24-17-12-7-5-8-13-17)25-18-14-9-6-10-15-18/h5-10,12-15H,2-4,11,16H2,1H3. The highest BCUT2D eigenvalue weighted by Gasteiger charge is 2.56. The third kappa shape index (κ3) is 6.00. The van der Waals surface area contributed by atoms with Crippen LogP contribution in [-0.4, -0.2) is 10.3 Å². The molecule has 0 saturated carbocycles. The predicted octanol–water partition coefficient (Wildman–Crippen LogP) is 7.80. The Hall–Kier alpha value is -1.07. The molecule has 2 aromatic rings. The highest BCUT2D eigenvalue weighted by atomic mass is 32.2. The largest absolute Gasteiger partial charge is 0.412 e. The van der Waals surface area contributed by atoms with E-state index in [0.717, 1.165) is 42.8 Å². The zero-order valence-corrected chi connectivity index (χ0v) is 15.9. The summed E-state index contributed by atoms with van der Waals surface area (Å²) in [4.78, 5) is 1.30. The average molecular weight is 385 g/mol. The van der Waals surface area contributed by atoms with Gasteiger partial charge < -0.3 is 0 Å². The van der Waals surface area contributed by atoms with Gasteiger partial charge in [0.2, 0.25) is 0 Å². The normalized spacial score (nSPS) is 12.3. The van der Waals surface area contributed by atoms with E-state index in [1.54, 1.807) is 48.5 Å². The maximum absolute atomic E-state index is 14.2. The van der Waals surface area contributed by atoms with Crippen LogP contribution >= 0.6 is 23.5 Å². The molecule has 0 aliphatic carbocycles. The molecular formula is C20H23F3S2. The minimum atomic E-state index is -4.31. The third-order valence-electron chi connectivity index (χ3n) is 3.84. The number of alkyl halides is 3. The maximum Gasteiger partial charge on any atom is 0.412 e. The summed E-state index contributed by atoms with van der Waals surface area (Å²) in [6, 6.07) is 17.8. The van der Waals surface area contributed by atoms with Crippen molar-refractivity contribution in [2.45, 2.75) is 59.1 Å². The molecular weight excluding hydrogens is 361 g/mol. The van der Waals surface area contributed by atoms with Crippen LogP contribution in [0.5, 0.6) is 0 Å². The summed E-state index contributed by atoms with van der Waals surface area (Å²) in [6.45, 7) is 2.06. The lowest BCUT2D eigenvalue weighted by Crippen LogP contribution is -2.38. The molecule has 5 heteroatoms. The summed E-state index contributed by atoms with van der Waals surface area (Å²) in [5, 5.41) is 0. The summed E-state index contributed by atoms with van der Waals surface area (Å²) in [5.74, 6) is 0. The van der Waals surface area contributed by atoms with Crippen molar-refractivity contribution in [2.75, 3.05) is 0 Å². The van der Waals surface area contributed by atoms with E-state index in [4.69, 9.17) is 0 Å². The van der Waals surface area contributed by atoms with Crippen molar-refractivity contribution in [2.24, 2.45) is 0 Å². The molecule has 2 aromatic carbocycles. The van der Waals surface area contributed by atoms with E-state index in [-0.39, 0.29) is 6.42 Å². The summed E-state index contributed by atoms with van der Waals surface area (Å²) in [7, 11) is 0. The summed E-state index contributed by atoms with van der Waals surface area (Å²) in [6.07, 6.45) is -0.807. The first-order valence-electron chi connectivity index (χ1n) is 8.52. The van der Waals surface area contributed by atoms with Crippen molar-refractivity contribution in [3.05, 3.63) is 60.7 Å². The lowest BCUT2D eigenvalue weighted by atomic mass is 10.1. The molecule has 0 fully saturated rings. The first-order chi connectivity index (χ1) is 12.0. The molecule has 0 N–H and O–H groups in total. The Balaban J connectivity index is 2.30. The van der Waals surface area contributed by atoms with E-state index in [0.29, 0.717) is 16.2 Å². The minimum absolute atomic E-state index is 0.107. The van der Waals surface area contributed by atoms with Crippen molar-refractivity contribution in [1.29, 1.82) is 0 Å². The Kier molecular flexibility index (Phi) is 7.76. The van der Waals surface area contributed by atoms with Gasteiger partial charge in [-0.05, 0) is 30.7 Å². The van der Waals surface area contributed by atoms with Crippen LogP contribution in [0.25, 0.3) is 0 Å². The lowest BCUT2D eigenvalue weighted by Gasteiger charge is -2.35. The molecule has 25 heavy (non-hydrogen) atoms. The lowest BCUT2D eigenvalue weighted by molar-refractivity contribution is -0.138. The molecule has 0 aliphatic heterocycles. The third-order valence-corrected chi connectivity index (χ3v) is 6.89. The molecule has 2 rings (SSSR count). The topological polar surface area (TPSA) is 0 Å². The second-order valence-electron chi connectivity index (χ2n) is 5.89. The molecule has 0 bridgehead atoms. The summed E-state index contributed by atoms with van der Waals surface area (Å²) >= 11 is 1.87. The number of rotatable bonds is 9. The van der Waals surface area contributed by atoms with Crippen molar-refractivity contribution in [1.82, 2.24) is 0 Å². The Labute approximate surface area is 156 Å². The molecule has 0 atom stereocenters. The number of thioether (sulfide) groups is 2. The molecule has 0 nitrogen and oxygen atoms in total. The zero-order chi connectivity index (χ0) is 18.2. The van der Waals surface area contributed by atoms with Crippen LogP contribution in [0, 0.1) is 0 Å². The van der Waals surface area contributed by atoms with Gasteiger partial charge >= 0.3 is 6.18 Å². The van der Waals surface area contributed by atoms with Crippen LogP contribution in [-0.2, 0) is 0 Å². The Morgan fingerprint density at radius 2 is 1.20 bits per heavy atom. The summed E-state index contributed by atoms with van der Waals surface area (Å²) < 4.78 is 40.8. The molecule has 0 heterocycles. The fourth-order valence-corrected chi connectivity index (χ4v) is 5.34. The minimum Gasteiger partial charge on any atom is -0.168 e. The Bertz CT molecular complexity index is 570. The number of benzene rings is 2. The fraction of sp³-hybridized carbons (Fsp3) is 0.400. The molecule has 0 aliphatic rings. The molecule has 0 saturated heterocycles. The first kappa shape index (κ1) is 20.2. The molecule has 0 aromatic heterocycles. The van der Waals surface area contributed by atoms with E-state index in [1.165, 1.54) is 0 Å². The van der Waals surface area contributed by atoms with E-state index in [1.807, 2.05) is 12.1 Å². The molecule has 0 unspecified atom stereocenters. The highest BCUT2D eigenvalue weighted by molar-refractivity contribution is 8.18.